The molecule has 1 aliphatic heterocycles. The molecule has 0 saturated carbocycles. The number of hydrogen-bond acceptors (Lipinski definition) is 6. The molecule has 7 nitrogen and oxygen atoms in total. The van der Waals surface area contributed by atoms with Crippen molar-refractivity contribution in [2.24, 2.45) is 5.92 Å². The molecule has 0 aromatic carbocycles. The summed E-state index contributed by atoms with van der Waals surface area (Å²) in [4.78, 5) is 15.1. The van der Waals surface area contributed by atoms with E-state index in [9.17, 15) is 13.2 Å². The van der Waals surface area contributed by atoms with E-state index in [0.717, 1.165) is 44.9 Å². The van der Waals surface area contributed by atoms with Crippen LogP contribution in [0.2, 0.25) is 0 Å². The standard InChI is InChI=1S/C18H37N3O4S2/c1-5-15(6-2)17(21-9-11-25-12-10-21)14-19-18(22)16(8-13-26-4)20-27(23,24)7-3/h15-17,20H,5-14H2,1-4H3,(H,19,22). The van der Waals surface area contributed by atoms with Gasteiger partial charge in [-0.25, -0.2) is 13.1 Å². The van der Waals surface area contributed by atoms with Crippen LogP contribution in [-0.2, 0) is 19.6 Å². The van der Waals surface area contributed by atoms with Gasteiger partial charge in [0, 0.05) is 25.7 Å². The molecule has 1 rings (SSSR count). The van der Waals surface area contributed by atoms with Gasteiger partial charge in [0.2, 0.25) is 15.9 Å². The maximum atomic E-state index is 12.7. The molecule has 0 aliphatic carbocycles. The molecule has 1 saturated heterocycles. The van der Waals surface area contributed by atoms with Crippen molar-refractivity contribution in [1.29, 1.82) is 0 Å². The predicted octanol–water partition coefficient (Wildman–Crippen LogP) is 1.30. The van der Waals surface area contributed by atoms with E-state index in [2.05, 4.69) is 28.8 Å². The van der Waals surface area contributed by atoms with Gasteiger partial charge in [-0.3, -0.25) is 9.69 Å². The molecule has 27 heavy (non-hydrogen) atoms. The lowest BCUT2D eigenvalue weighted by Gasteiger charge is -2.39. The first-order valence-corrected chi connectivity index (χ1v) is 13.0. The minimum atomic E-state index is -3.43. The first-order valence-electron chi connectivity index (χ1n) is 9.96. The van der Waals surface area contributed by atoms with Gasteiger partial charge in [0.25, 0.3) is 0 Å². The Morgan fingerprint density at radius 2 is 1.81 bits per heavy atom. The molecule has 0 aromatic rings. The summed E-state index contributed by atoms with van der Waals surface area (Å²) < 4.78 is 31.9. The zero-order valence-electron chi connectivity index (χ0n) is 17.2. The monoisotopic (exact) mass is 423 g/mol. The van der Waals surface area contributed by atoms with Gasteiger partial charge in [-0.15, -0.1) is 0 Å². The number of thioether (sulfide) groups is 1. The smallest absolute Gasteiger partial charge is 0.238 e. The van der Waals surface area contributed by atoms with Crippen LogP contribution in [0.15, 0.2) is 0 Å². The van der Waals surface area contributed by atoms with Crippen molar-refractivity contribution in [3.63, 3.8) is 0 Å². The maximum absolute atomic E-state index is 12.7. The van der Waals surface area contributed by atoms with E-state index in [-0.39, 0.29) is 17.7 Å². The van der Waals surface area contributed by atoms with Crippen molar-refractivity contribution in [2.45, 2.75) is 52.1 Å². The Kier molecular flexibility index (Phi) is 11.9. The summed E-state index contributed by atoms with van der Waals surface area (Å²) in [5.41, 5.74) is 0. The third-order valence-electron chi connectivity index (χ3n) is 5.22. The Morgan fingerprint density at radius 1 is 1.19 bits per heavy atom. The van der Waals surface area contributed by atoms with Gasteiger partial charge >= 0.3 is 0 Å². The zero-order chi connectivity index (χ0) is 20.3. The van der Waals surface area contributed by atoms with E-state index in [1.807, 2.05) is 6.26 Å². The largest absolute Gasteiger partial charge is 0.379 e. The van der Waals surface area contributed by atoms with Gasteiger partial charge < -0.3 is 10.1 Å². The lowest BCUT2D eigenvalue weighted by Crippen LogP contribution is -2.54. The van der Waals surface area contributed by atoms with Crippen LogP contribution in [-0.4, -0.2) is 81.9 Å². The highest BCUT2D eigenvalue weighted by molar-refractivity contribution is 7.98. The topological polar surface area (TPSA) is 87.7 Å². The Bertz CT molecular complexity index is 521. The molecular formula is C18H37N3O4S2. The second-order valence-corrected chi connectivity index (χ2v) is 9.92. The Balaban J connectivity index is 2.77. The average Bonchev–Trinajstić information content (AvgIpc) is 2.68. The normalized spacial score (nSPS) is 18.4. The fraction of sp³-hybridized carbons (Fsp3) is 0.944. The average molecular weight is 424 g/mol. The summed E-state index contributed by atoms with van der Waals surface area (Å²) in [6.07, 6.45) is 4.53. The fourth-order valence-electron chi connectivity index (χ4n) is 3.44. The van der Waals surface area contributed by atoms with Crippen molar-refractivity contribution in [1.82, 2.24) is 14.9 Å². The van der Waals surface area contributed by atoms with Gasteiger partial charge in [0.05, 0.1) is 19.0 Å². The Labute approximate surface area is 169 Å². The summed E-state index contributed by atoms with van der Waals surface area (Å²) in [7, 11) is -3.43. The molecule has 160 valence electrons. The fourth-order valence-corrected chi connectivity index (χ4v) is 4.74. The highest BCUT2D eigenvalue weighted by Gasteiger charge is 2.29. The Morgan fingerprint density at radius 3 is 2.33 bits per heavy atom. The van der Waals surface area contributed by atoms with E-state index in [0.29, 0.717) is 18.9 Å². The molecule has 0 spiro atoms. The minimum absolute atomic E-state index is 0.0276. The lowest BCUT2D eigenvalue weighted by molar-refractivity contribution is -0.123. The summed E-state index contributed by atoms with van der Waals surface area (Å²) in [6.45, 7) is 9.65. The molecule has 1 aliphatic rings. The quantitative estimate of drug-likeness (QED) is 0.464. The maximum Gasteiger partial charge on any atom is 0.238 e. The molecule has 0 radical (unpaired) electrons. The third kappa shape index (κ3) is 8.68. The van der Waals surface area contributed by atoms with Gasteiger partial charge in [-0.2, -0.15) is 11.8 Å². The Hall–Kier alpha value is -0.350. The third-order valence-corrected chi connectivity index (χ3v) is 7.27. The number of carbonyl (C=O) groups excluding carboxylic acids is 1. The number of rotatable bonds is 13. The van der Waals surface area contributed by atoms with Crippen LogP contribution >= 0.6 is 11.8 Å². The summed E-state index contributed by atoms with van der Waals surface area (Å²) >= 11 is 1.60. The number of amides is 1. The van der Waals surface area contributed by atoms with Crippen LogP contribution in [0.5, 0.6) is 0 Å². The molecule has 9 heteroatoms. The summed E-state index contributed by atoms with van der Waals surface area (Å²) in [6, 6.07) is -0.466. The van der Waals surface area contributed by atoms with Gasteiger partial charge in [-0.05, 0) is 31.3 Å². The van der Waals surface area contributed by atoms with Crippen LogP contribution < -0.4 is 10.0 Å². The van der Waals surface area contributed by atoms with Crippen LogP contribution in [0, 0.1) is 5.92 Å². The highest BCUT2D eigenvalue weighted by Crippen LogP contribution is 2.19. The van der Waals surface area contributed by atoms with Crippen LogP contribution in [0.1, 0.15) is 40.0 Å². The van der Waals surface area contributed by atoms with Crippen molar-refractivity contribution >= 4 is 27.7 Å². The number of ether oxygens (including phenoxy) is 1. The number of carbonyl (C=O) groups is 1. The first-order chi connectivity index (χ1) is 12.9. The van der Waals surface area contributed by atoms with E-state index in [1.54, 1.807) is 18.7 Å². The van der Waals surface area contributed by atoms with Gasteiger partial charge in [0.1, 0.15) is 6.04 Å². The second kappa shape index (κ2) is 13.0. The molecule has 1 fully saturated rings. The number of sulfonamides is 1. The van der Waals surface area contributed by atoms with Crippen LogP contribution in [0.25, 0.3) is 0 Å². The van der Waals surface area contributed by atoms with Gasteiger partial charge in [0.15, 0.2) is 0 Å². The van der Waals surface area contributed by atoms with Crippen molar-refractivity contribution in [3.8, 4) is 0 Å². The molecule has 1 heterocycles. The summed E-state index contributed by atoms with van der Waals surface area (Å²) in [5, 5.41) is 3.03. The van der Waals surface area contributed by atoms with Crippen molar-refractivity contribution in [2.75, 3.05) is 50.6 Å². The number of nitrogens with zero attached hydrogens (tertiary/aromatic N) is 1. The van der Waals surface area contributed by atoms with E-state index >= 15 is 0 Å². The zero-order valence-corrected chi connectivity index (χ0v) is 18.8. The second-order valence-electron chi connectivity index (χ2n) is 6.89. The molecule has 2 atom stereocenters. The van der Waals surface area contributed by atoms with E-state index < -0.39 is 16.1 Å². The predicted molar refractivity (Wildman–Crippen MR) is 113 cm³/mol. The molecule has 2 unspecified atom stereocenters. The number of morpholine rings is 1. The van der Waals surface area contributed by atoms with E-state index in [1.165, 1.54) is 0 Å². The summed E-state index contributed by atoms with van der Waals surface area (Å²) in [5.74, 6) is 0.954. The SMILES string of the molecule is CCC(CC)C(CNC(=O)C(CCSC)NS(=O)(=O)CC)N1CCOCC1. The minimum Gasteiger partial charge on any atom is -0.379 e. The molecule has 0 aromatic heterocycles. The number of hydrogen-bond donors (Lipinski definition) is 2. The molecule has 2 N–H and O–H groups in total. The van der Waals surface area contributed by atoms with Crippen molar-refractivity contribution < 1.29 is 17.9 Å². The first kappa shape index (κ1) is 24.7. The molecule has 0 bridgehead atoms. The molecule has 1 amide bonds. The van der Waals surface area contributed by atoms with Gasteiger partial charge in [-0.1, -0.05) is 26.7 Å². The van der Waals surface area contributed by atoms with E-state index in [4.69, 9.17) is 4.74 Å². The van der Waals surface area contributed by atoms with Crippen LogP contribution in [0.3, 0.4) is 0 Å². The highest BCUT2D eigenvalue weighted by atomic mass is 32.2. The molecular weight excluding hydrogens is 386 g/mol. The lowest BCUT2D eigenvalue weighted by atomic mass is 9.92. The van der Waals surface area contributed by atoms with Crippen LogP contribution in [0.4, 0.5) is 0 Å². The number of nitrogens with one attached hydrogen (secondary N) is 2. The van der Waals surface area contributed by atoms with Crippen molar-refractivity contribution in [3.05, 3.63) is 0 Å².